The molecule has 0 saturated carbocycles. The molecular formula is C10H18N4OS. The summed E-state index contributed by atoms with van der Waals surface area (Å²) in [7, 11) is 3.30. The number of hydrogen-bond donors (Lipinski definition) is 0. The van der Waals surface area contributed by atoms with Crippen LogP contribution in [0.25, 0.3) is 0 Å². The van der Waals surface area contributed by atoms with Crippen LogP contribution in [0.15, 0.2) is 0 Å². The topological polar surface area (TPSA) is 63.3 Å². The lowest BCUT2D eigenvalue weighted by Crippen LogP contribution is -2.41. The molecule has 0 aliphatic rings. The van der Waals surface area contributed by atoms with E-state index in [1.165, 1.54) is 4.90 Å². The lowest BCUT2D eigenvalue weighted by molar-refractivity contribution is 0.117. The van der Waals surface area contributed by atoms with Gasteiger partial charge in [-0.2, -0.15) is 22.3 Å². The fourth-order valence-electron chi connectivity index (χ4n) is 1.20. The maximum absolute atomic E-state index is 8.95. The van der Waals surface area contributed by atoms with Crippen LogP contribution in [-0.4, -0.2) is 61.7 Å². The molecule has 1 atom stereocenters. The van der Waals surface area contributed by atoms with Crippen LogP contribution >= 0.6 is 11.8 Å². The lowest BCUT2D eigenvalue weighted by Gasteiger charge is -2.26. The van der Waals surface area contributed by atoms with Gasteiger partial charge in [0.05, 0.1) is 19.2 Å². The molecule has 0 radical (unpaired) electrons. The van der Waals surface area contributed by atoms with Gasteiger partial charge in [-0.25, -0.2) is 0 Å². The van der Waals surface area contributed by atoms with Crippen LogP contribution in [0, 0.1) is 22.9 Å². The molecule has 0 aromatic heterocycles. The Morgan fingerprint density at radius 2 is 2.06 bits per heavy atom. The molecule has 0 rings (SSSR count). The molecule has 0 fully saturated rings. The maximum atomic E-state index is 8.95. The average molecular weight is 242 g/mol. The normalized spacial score (nSPS) is 11.3. The van der Waals surface area contributed by atoms with E-state index >= 15 is 0 Å². The molecule has 0 N–H and O–H groups in total. The van der Waals surface area contributed by atoms with E-state index in [1.807, 2.05) is 12.4 Å². The Bertz CT molecular complexity index is 261. The smallest absolute Gasteiger partial charge is 0.179 e. The molecule has 0 spiro atoms. The highest BCUT2D eigenvalue weighted by atomic mass is 32.2. The van der Waals surface area contributed by atoms with Gasteiger partial charge in [0.1, 0.15) is 0 Å². The Labute approximate surface area is 102 Å². The monoisotopic (exact) mass is 242 g/mol. The largest absolute Gasteiger partial charge is 0.382 e. The van der Waals surface area contributed by atoms with Crippen LogP contribution in [0.3, 0.4) is 0 Å². The summed E-state index contributed by atoms with van der Waals surface area (Å²) in [6.07, 6.45) is 6.18. The second kappa shape index (κ2) is 9.14. The number of methoxy groups -OCH3 is 1. The van der Waals surface area contributed by atoms with E-state index in [0.29, 0.717) is 19.7 Å². The van der Waals surface area contributed by atoms with Gasteiger partial charge >= 0.3 is 0 Å². The minimum absolute atomic E-state index is 0.0727. The van der Waals surface area contributed by atoms with Crippen molar-refractivity contribution in [3.8, 4) is 12.4 Å². The fourth-order valence-corrected chi connectivity index (χ4v) is 1.60. The molecule has 90 valence electrons. The van der Waals surface area contributed by atoms with Gasteiger partial charge in [0.25, 0.3) is 0 Å². The average Bonchev–Trinajstić information content (AvgIpc) is 2.32. The SMILES string of the molecule is COCC(CN(C#N)CCSC)N(C)C#N. The molecule has 0 saturated heterocycles. The van der Waals surface area contributed by atoms with Crippen molar-refractivity contribution in [2.45, 2.75) is 6.04 Å². The number of hydrogen-bond acceptors (Lipinski definition) is 6. The van der Waals surface area contributed by atoms with Crippen LogP contribution in [0.1, 0.15) is 0 Å². The third kappa shape index (κ3) is 5.69. The summed E-state index contributed by atoms with van der Waals surface area (Å²) >= 11 is 1.70. The van der Waals surface area contributed by atoms with Crippen LogP contribution in [0.4, 0.5) is 0 Å². The zero-order valence-corrected chi connectivity index (χ0v) is 10.8. The van der Waals surface area contributed by atoms with Gasteiger partial charge in [0.15, 0.2) is 12.4 Å². The van der Waals surface area contributed by atoms with Crippen molar-refractivity contribution in [1.82, 2.24) is 9.80 Å². The van der Waals surface area contributed by atoms with Gasteiger partial charge in [0, 0.05) is 26.5 Å². The van der Waals surface area contributed by atoms with E-state index in [-0.39, 0.29) is 6.04 Å². The first-order chi connectivity index (χ1) is 7.69. The maximum Gasteiger partial charge on any atom is 0.179 e. The Kier molecular flexibility index (Phi) is 8.51. The summed E-state index contributed by atoms with van der Waals surface area (Å²) < 4.78 is 5.04. The minimum atomic E-state index is -0.0727. The van der Waals surface area contributed by atoms with Crippen molar-refractivity contribution >= 4 is 11.8 Å². The van der Waals surface area contributed by atoms with Crippen molar-refractivity contribution in [2.75, 3.05) is 45.9 Å². The summed E-state index contributed by atoms with van der Waals surface area (Å²) in [6.45, 7) is 1.67. The van der Waals surface area contributed by atoms with Crippen molar-refractivity contribution in [2.24, 2.45) is 0 Å². The highest BCUT2D eigenvalue weighted by molar-refractivity contribution is 7.98. The quantitative estimate of drug-likeness (QED) is 0.458. The van der Waals surface area contributed by atoms with E-state index in [9.17, 15) is 0 Å². The molecular weight excluding hydrogens is 224 g/mol. The summed E-state index contributed by atoms with van der Waals surface area (Å²) in [5.74, 6) is 0.906. The lowest BCUT2D eigenvalue weighted by atomic mass is 10.2. The van der Waals surface area contributed by atoms with Gasteiger partial charge in [-0.3, -0.25) is 0 Å². The number of ether oxygens (including phenoxy) is 1. The molecule has 0 amide bonds. The fraction of sp³-hybridized carbons (Fsp3) is 0.800. The van der Waals surface area contributed by atoms with Gasteiger partial charge in [-0.05, 0) is 6.26 Å². The summed E-state index contributed by atoms with van der Waals surface area (Å²) in [4.78, 5) is 3.18. The highest BCUT2D eigenvalue weighted by Gasteiger charge is 2.16. The third-order valence-corrected chi connectivity index (χ3v) is 2.79. The van der Waals surface area contributed by atoms with E-state index in [0.717, 1.165) is 5.75 Å². The first-order valence-corrected chi connectivity index (χ1v) is 6.34. The standard InChI is InChI=1S/C10H18N4OS/c1-13(8-11)10(7-15-2)6-14(9-12)4-5-16-3/h10H,4-7H2,1-3H3. The second-order valence-electron chi connectivity index (χ2n) is 3.36. The minimum Gasteiger partial charge on any atom is -0.382 e. The van der Waals surface area contributed by atoms with Gasteiger partial charge in [-0.15, -0.1) is 0 Å². The molecule has 1 unspecified atom stereocenters. The van der Waals surface area contributed by atoms with Crippen LogP contribution in [0.5, 0.6) is 0 Å². The molecule has 0 aromatic rings. The van der Waals surface area contributed by atoms with Gasteiger partial charge in [0.2, 0.25) is 0 Å². The van der Waals surface area contributed by atoms with Gasteiger partial charge < -0.3 is 14.5 Å². The van der Waals surface area contributed by atoms with Crippen molar-refractivity contribution in [3.63, 3.8) is 0 Å². The van der Waals surface area contributed by atoms with Crippen molar-refractivity contribution < 1.29 is 4.74 Å². The molecule has 0 aliphatic carbocycles. The van der Waals surface area contributed by atoms with Gasteiger partial charge in [-0.1, -0.05) is 0 Å². The molecule has 0 bridgehead atoms. The van der Waals surface area contributed by atoms with Crippen molar-refractivity contribution in [1.29, 1.82) is 10.5 Å². The molecule has 6 heteroatoms. The van der Waals surface area contributed by atoms with E-state index in [1.54, 1.807) is 30.8 Å². The van der Waals surface area contributed by atoms with E-state index in [4.69, 9.17) is 15.3 Å². The first-order valence-electron chi connectivity index (χ1n) is 4.94. The number of thioether (sulfide) groups is 1. The second-order valence-corrected chi connectivity index (χ2v) is 4.34. The van der Waals surface area contributed by atoms with Crippen LogP contribution in [-0.2, 0) is 4.74 Å². The zero-order valence-electron chi connectivity index (χ0n) is 10.0. The predicted octanol–water partition coefficient (Wildman–Crippen LogP) is 0.560. The first kappa shape index (κ1) is 14.9. The molecule has 0 aromatic carbocycles. The number of rotatable bonds is 8. The number of nitrogens with zero attached hydrogens (tertiary/aromatic N) is 4. The van der Waals surface area contributed by atoms with Crippen molar-refractivity contribution in [3.05, 3.63) is 0 Å². The Morgan fingerprint density at radius 1 is 1.38 bits per heavy atom. The summed E-state index contributed by atoms with van der Waals surface area (Å²) in [6, 6.07) is -0.0727. The predicted molar refractivity (Wildman–Crippen MR) is 64.6 cm³/mol. The zero-order chi connectivity index (χ0) is 12.4. The number of nitriles is 2. The van der Waals surface area contributed by atoms with E-state index < -0.39 is 0 Å². The highest BCUT2D eigenvalue weighted by Crippen LogP contribution is 2.01. The third-order valence-electron chi connectivity index (χ3n) is 2.20. The summed E-state index contributed by atoms with van der Waals surface area (Å²) in [5, 5.41) is 17.8. The Balaban J connectivity index is 4.25. The Hall–Kier alpha value is -1.11. The molecule has 0 heterocycles. The number of likely N-dealkylation sites (N-methyl/N-ethyl adjacent to an activating group) is 1. The molecule has 16 heavy (non-hydrogen) atoms. The Morgan fingerprint density at radius 3 is 2.50 bits per heavy atom. The van der Waals surface area contributed by atoms with Crippen LogP contribution < -0.4 is 0 Å². The molecule has 5 nitrogen and oxygen atoms in total. The molecule has 0 aliphatic heterocycles. The summed E-state index contributed by atoms with van der Waals surface area (Å²) in [5.41, 5.74) is 0. The van der Waals surface area contributed by atoms with Crippen LogP contribution in [0.2, 0.25) is 0 Å². The van der Waals surface area contributed by atoms with E-state index in [2.05, 4.69) is 6.19 Å².